The summed E-state index contributed by atoms with van der Waals surface area (Å²) >= 11 is 3.47. The molecule has 3 rings (SSSR count). The first-order valence-electron chi connectivity index (χ1n) is 8.69. The molecule has 0 aliphatic carbocycles. The Balaban J connectivity index is 2.55. The monoisotopic (exact) mass is 428 g/mol. The van der Waals surface area contributed by atoms with Crippen LogP contribution in [0, 0.1) is 5.92 Å². The Hall–Kier alpha value is -2.60. The number of fused-ring (bicyclic) bond motifs is 1. The Bertz CT molecular complexity index is 1060. The number of hydrogen-bond acceptors (Lipinski definition) is 2. The van der Waals surface area contributed by atoms with E-state index in [0.29, 0.717) is 17.7 Å². The van der Waals surface area contributed by atoms with Gasteiger partial charge in [0.25, 0.3) is 5.56 Å². The number of amides is 1. The summed E-state index contributed by atoms with van der Waals surface area (Å²) in [5, 5.41) is 11.0. The molecular formula is C21H21BrN2O3. The molecule has 1 aromatic heterocycles. The van der Waals surface area contributed by atoms with Crippen LogP contribution in [0.5, 0.6) is 0 Å². The standard InChI is InChI=1S/C21H21BrN2O3/c1-13(2)12-24-19(23(3)21(26)27)18(14-7-5-4-6-8-14)17-11-15(22)9-10-16(17)20(24)25/h4-11,13H,12H2,1-3H3,(H,26,27). The van der Waals surface area contributed by atoms with E-state index in [0.717, 1.165) is 25.9 Å². The topological polar surface area (TPSA) is 62.5 Å². The molecule has 0 atom stereocenters. The third-order valence-electron chi connectivity index (χ3n) is 4.42. The van der Waals surface area contributed by atoms with Gasteiger partial charge in [-0.15, -0.1) is 0 Å². The molecule has 0 fully saturated rings. The lowest BCUT2D eigenvalue weighted by Gasteiger charge is -2.25. The van der Waals surface area contributed by atoms with Crippen molar-refractivity contribution in [1.82, 2.24) is 4.57 Å². The number of pyridine rings is 1. The van der Waals surface area contributed by atoms with Gasteiger partial charge in [-0.1, -0.05) is 60.1 Å². The largest absolute Gasteiger partial charge is 0.465 e. The molecule has 3 aromatic rings. The van der Waals surface area contributed by atoms with Crippen molar-refractivity contribution in [1.29, 1.82) is 0 Å². The van der Waals surface area contributed by atoms with Crippen LogP contribution in [0.15, 0.2) is 57.8 Å². The van der Waals surface area contributed by atoms with Gasteiger partial charge in [-0.2, -0.15) is 0 Å². The second kappa shape index (κ2) is 7.56. The van der Waals surface area contributed by atoms with Crippen molar-refractivity contribution >= 4 is 38.6 Å². The zero-order chi connectivity index (χ0) is 19.7. The molecule has 0 saturated carbocycles. The van der Waals surface area contributed by atoms with E-state index >= 15 is 0 Å². The lowest BCUT2D eigenvalue weighted by atomic mass is 9.98. The first-order chi connectivity index (χ1) is 12.8. The predicted octanol–water partition coefficient (Wildman–Crippen LogP) is 5.20. The fourth-order valence-corrected chi connectivity index (χ4v) is 3.63. The van der Waals surface area contributed by atoms with Crippen LogP contribution in [0.2, 0.25) is 0 Å². The van der Waals surface area contributed by atoms with Crippen LogP contribution in [0.4, 0.5) is 10.6 Å². The summed E-state index contributed by atoms with van der Waals surface area (Å²) in [6.07, 6.45) is -1.11. The summed E-state index contributed by atoms with van der Waals surface area (Å²) in [5.41, 5.74) is 1.41. The number of carbonyl (C=O) groups is 1. The number of benzene rings is 2. The van der Waals surface area contributed by atoms with Crippen LogP contribution in [0.25, 0.3) is 21.9 Å². The third kappa shape index (κ3) is 3.62. The second-order valence-corrected chi connectivity index (χ2v) is 7.82. The lowest BCUT2D eigenvalue weighted by Crippen LogP contribution is -2.34. The van der Waals surface area contributed by atoms with Crippen LogP contribution >= 0.6 is 15.9 Å². The average molecular weight is 429 g/mol. The Morgan fingerprint density at radius 1 is 1.15 bits per heavy atom. The predicted molar refractivity (Wildman–Crippen MR) is 113 cm³/mol. The number of carboxylic acid groups (broad SMARTS) is 1. The fraction of sp³-hybridized carbons (Fsp3) is 0.238. The van der Waals surface area contributed by atoms with Crippen LogP contribution in [-0.4, -0.2) is 22.8 Å². The number of hydrogen-bond donors (Lipinski definition) is 1. The van der Waals surface area contributed by atoms with Crippen molar-refractivity contribution < 1.29 is 9.90 Å². The highest BCUT2D eigenvalue weighted by Gasteiger charge is 2.24. The van der Waals surface area contributed by atoms with E-state index in [4.69, 9.17) is 0 Å². The summed E-state index contributed by atoms with van der Waals surface area (Å²) in [7, 11) is 1.48. The van der Waals surface area contributed by atoms with Gasteiger partial charge >= 0.3 is 6.09 Å². The van der Waals surface area contributed by atoms with Gasteiger partial charge in [-0.3, -0.25) is 14.3 Å². The average Bonchev–Trinajstić information content (AvgIpc) is 2.63. The molecule has 1 amide bonds. The number of rotatable bonds is 4. The lowest BCUT2D eigenvalue weighted by molar-refractivity contribution is 0.203. The molecule has 0 spiro atoms. The molecule has 6 heteroatoms. The molecule has 27 heavy (non-hydrogen) atoms. The van der Waals surface area contributed by atoms with Crippen LogP contribution in [-0.2, 0) is 6.54 Å². The Morgan fingerprint density at radius 2 is 1.81 bits per heavy atom. The normalized spacial score (nSPS) is 11.1. The van der Waals surface area contributed by atoms with E-state index in [2.05, 4.69) is 15.9 Å². The van der Waals surface area contributed by atoms with Gasteiger partial charge in [0.05, 0.1) is 0 Å². The number of aromatic nitrogens is 1. The molecule has 2 aromatic carbocycles. The van der Waals surface area contributed by atoms with Crippen molar-refractivity contribution in [3.63, 3.8) is 0 Å². The summed E-state index contributed by atoms with van der Waals surface area (Å²) in [6.45, 7) is 4.44. The van der Waals surface area contributed by atoms with Gasteiger partial charge in [-0.25, -0.2) is 4.79 Å². The highest BCUT2D eigenvalue weighted by Crippen LogP contribution is 2.37. The number of anilines is 1. The summed E-state index contributed by atoms with van der Waals surface area (Å²) < 4.78 is 2.41. The Kier molecular flexibility index (Phi) is 5.37. The van der Waals surface area contributed by atoms with E-state index in [-0.39, 0.29) is 11.5 Å². The zero-order valence-corrected chi connectivity index (χ0v) is 17.0. The summed E-state index contributed by atoms with van der Waals surface area (Å²) in [4.78, 5) is 26.2. The van der Waals surface area contributed by atoms with Crippen LogP contribution < -0.4 is 10.5 Å². The van der Waals surface area contributed by atoms with Gasteiger partial charge < -0.3 is 5.11 Å². The minimum absolute atomic E-state index is 0.181. The summed E-state index contributed by atoms with van der Waals surface area (Å²) in [5.74, 6) is 0.568. The molecule has 0 aliphatic rings. The van der Waals surface area contributed by atoms with E-state index in [9.17, 15) is 14.7 Å². The molecule has 1 heterocycles. The minimum Gasteiger partial charge on any atom is -0.465 e. The van der Waals surface area contributed by atoms with E-state index in [1.807, 2.05) is 56.3 Å². The molecule has 0 bridgehead atoms. The quantitative estimate of drug-likeness (QED) is 0.620. The van der Waals surface area contributed by atoms with Crippen molar-refractivity contribution in [2.24, 2.45) is 5.92 Å². The summed E-state index contributed by atoms with van der Waals surface area (Å²) in [6, 6.07) is 15.1. The molecule has 0 aliphatic heterocycles. The highest BCUT2D eigenvalue weighted by molar-refractivity contribution is 9.10. The van der Waals surface area contributed by atoms with Gasteiger partial charge in [0, 0.05) is 29.0 Å². The Morgan fingerprint density at radius 3 is 2.41 bits per heavy atom. The molecule has 5 nitrogen and oxygen atoms in total. The minimum atomic E-state index is -1.11. The molecule has 0 saturated heterocycles. The van der Waals surface area contributed by atoms with E-state index in [1.54, 1.807) is 10.6 Å². The first-order valence-corrected chi connectivity index (χ1v) is 9.48. The maximum atomic E-state index is 13.2. The van der Waals surface area contributed by atoms with Gasteiger partial charge in [0.15, 0.2) is 0 Å². The van der Waals surface area contributed by atoms with Crippen molar-refractivity contribution in [3.8, 4) is 11.1 Å². The van der Waals surface area contributed by atoms with Gasteiger partial charge in [-0.05, 0) is 35.1 Å². The highest BCUT2D eigenvalue weighted by atomic mass is 79.9. The van der Waals surface area contributed by atoms with Crippen LogP contribution in [0.1, 0.15) is 13.8 Å². The second-order valence-electron chi connectivity index (χ2n) is 6.91. The van der Waals surface area contributed by atoms with E-state index in [1.165, 1.54) is 7.05 Å². The maximum absolute atomic E-state index is 13.2. The molecule has 0 radical (unpaired) electrons. The zero-order valence-electron chi connectivity index (χ0n) is 15.4. The van der Waals surface area contributed by atoms with Crippen molar-refractivity contribution in [2.75, 3.05) is 11.9 Å². The smallest absolute Gasteiger partial charge is 0.412 e. The van der Waals surface area contributed by atoms with Crippen molar-refractivity contribution in [3.05, 3.63) is 63.4 Å². The molecule has 0 unspecified atom stereocenters. The first kappa shape index (κ1) is 19.2. The van der Waals surface area contributed by atoms with Gasteiger partial charge in [0.2, 0.25) is 0 Å². The molecule has 1 N–H and O–H groups in total. The third-order valence-corrected chi connectivity index (χ3v) is 4.91. The molecular weight excluding hydrogens is 408 g/mol. The Labute approximate surface area is 166 Å². The van der Waals surface area contributed by atoms with Crippen LogP contribution in [0.3, 0.4) is 0 Å². The fourth-order valence-electron chi connectivity index (χ4n) is 3.27. The number of halogens is 1. The number of nitrogens with zero attached hydrogens (tertiary/aromatic N) is 2. The van der Waals surface area contributed by atoms with Gasteiger partial charge in [0.1, 0.15) is 5.82 Å². The maximum Gasteiger partial charge on any atom is 0.412 e. The van der Waals surface area contributed by atoms with E-state index < -0.39 is 6.09 Å². The SMILES string of the molecule is CC(C)Cn1c(N(C)C(=O)O)c(-c2ccccc2)c2cc(Br)ccc2c1=O. The molecule has 140 valence electrons. The van der Waals surface area contributed by atoms with Crippen molar-refractivity contribution in [2.45, 2.75) is 20.4 Å².